The molecule has 0 amide bonds. The van der Waals surface area contributed by atoms with Crippen LogP contribution in [0.4, 0.5) is 4.39 Å². The number of rotatable bonds is 2. The van der Waals surface area contributed by atoms with Crippen LogP contribution >= 0.6 is 12.6 Å². The number of hydrogen-bond donors (Lipinski definition) is 1. The van der Waals surface area contributed by atoms with Crippen LogP contribution < -0.4 is 0 Å². The lowest BCUT2D eigenvalue weighted by Gasteiger charge is -2.20. The van der Waals surface area contributed by atoms with Crippen LogP contribution in [0.25, 0.3) is 11.3 Å². The highest BCUT2D eigenvalue weighted by atomic mass is 32.1. The lowest BCUT2D eigenvalue weighted by Crippen LogP contribution is -2.06. The Bertz CT molecular complexity index is 617. The highest BCUT2D eigenvalue weighted by Gasteiger charge is 2.25. The predicted octanol–water partition coefficient (Wildman–Crippen LogP) is 5.13. The van der Waals surface area contributed by atoms with E-state index in [1.807, 2.05) is 6.92 Å². The predicted molar refractivity (Wildman–Crippen MR) is 79.7 cm³/mol. The molecule has 0 saturated heterocycles. The van der Waals surface area contributed by atoms with E-state index in [0.29, 0.717) is 28.0 Å². The second-order valence-corrected chi connectivity index (χ2v) is 5.90. The Morgan fingerprint density at radius 2 is 2.00 bits per heavy atom. The molecular weight excluding hydrogens is 273 g/mol. The molecule has 0 bridgehead atoms. The van der Waals surface area contributed by atoms with Crippen LogP contribution in [-0.4, -0.2) is 4.98 Å². The minimum Gasteiger partial charge on any atom is -0.441 e. The fraction of sp³-hybridized carbons (Fsp3) is 0.438. The van der Waals surface area contributed by atoms with Crippen molar-refractivity contribution in [1.82, 2.24) is 4.98 Å². The van der Waals surface area contributed by atoms with Gasteiger partial charge in [0.15, 0.2) is 11.7 Å². The number of nitrogens with zero attached hydrogens (tertiary/aromatic N) is 1. The number of hydrogen-bond acceptors (Lipinski definition) is 3. The van der Waals surface area contributed by atoms with Crippen molar-refractivity contribution in [2.45, 2.75) is 49.8 Å². The molecule has 0 N–H and O–H groups in total. The number of benzene rings is 1. The van der Waals surface area contributed by atoms with Gasteiger partial charge >= 0.3 is 0 Å². The molecule has 2 aromatic rings. The van der Waals surface area contributed by atoms with E-state index >= 15 is 0 Å². The molecule has 0 spiro atoms. The Hall–Kier alpha value is -1.29. The maximum atomic E-state index is 14.3. The van der Waals surface area contributed by atoms with Crippen molar-refractivity contribution in [2.75, 3.05) is 0 Å². The zero-order valence-corrected chi connectivity index (χ0v) is 12.4. The summed E-state index contributed by atoms with van der Waals surface area (Å²) in [6.45, 7) is 1.82. The molecular formula is C16H18FNOS. The van der Waals surface area contributed by atoms with Crippen molar-refractivity contribution in [1.29, 1.82) is 0 Å². The van der Waals surface area contributed by atoms with E-state index in [2.05, 4.69) is 17.6 Å². The molecule has 20 heavy (non-hydrogen) atoms. The highest BCUT2D eigenvalue weighted by molar-refractivity contribution is 7.80. The van der Waals surface area contributed by atoms with Crippen molar-refractivity contribution in [2.24, 2.45) is 0 Å². The van der Waals surface area contributed by atoms with E-state index in [1.54, 1.807) is 18.2 Å². The third-order valence-electron chi connectivity index (χ3n) is 3.98. The van der Waals surface area contributed by atoms with E-state index in [1.165, 1.54) is 19.3 Å². The molecule has 1 saturated carbocycles. The number of aromatic nitrogens is 1. The Labute approximate surface area is 123 Å². The first-order valence-electron chi connectivity index (χ1n) is 7.12. The first-order valence-corrected chi connectivity index (χ1v) is 7.56. The molecule has 2 nitrogen and oxygen atoms in total. The van der Waals surface area contributed by atoms with E-state index in [-0.39, 0.29) is 5.82 Å². The number of oxazole rings is 1. The van der Waals surface area contributed by atoms with Crippen LogP contribution in [0.15, 0.2) is 27.5 Å². The van der Waals surface area contributed by atoms with Crippen LogP contribution in [0.3, 0.4) is 0 Å². The third kappa shape index (κ3) is 2.49. The molecule has 0 radical (unpaired) electrons. The average molecular weight is 291 g/mol. The zero-order chi connectivity index (χ0) is 14.1. The molecule has 106 valence electrons. The highest BCUT2D eigenvalue weighted by Crippen LogP contribution is 2.39. The Morgan fingerprint density at radius 3 is 2.75 bits per heavy atom. The maximum absolute atomic E-state index is 14.3. The number of halogens is 1. The molecule has 1 aromatic heterocycles. The lowest BCUT2D eigenvalue weighted by molar-refractivity contribution is 0.436. The van der Waals surface area contributed by atoms with Crippen LogP contribution in [0.2, 0.25) is 0 Å². The average Bonchev–Trinajstić information content (AvgIpc) is 2.85. The minimum absolute atomic E-state index is 0.330. The van der Waals surface area contributed by atoms with Crippen LogP contribution in [0, 0.1) is 12.7 Å². The van der Waals surface area contributed by atoms with Gasteiger partial charge in [0.2, 0.25) is 0 Å². The van der Waals surface area contributed by atoms with Crippen molar-refractivity contribution in [3.05, 3.63) is 35.6 Å². The monoisotopic (exact) mass is 291 g/mol. The van der Waals surface area contributed by atoms with Crippen molar-refractivity contribution in [3.63, 3.8) is 0 Å². The SMILES string of the molecule is Cc1nc(C2CCCCC2)c(-c2cccc(S)c2F)o1. The second-order valence-electron chi connectivity index (χ2n) is 5.42. The smallest absolute Gasteiger partial charge is 0.192 e. The first kappa shape index (κ1) is 13.7. The lowest BCUT2D eigenvalue weighted by atomic mass is 9.85. The Morgan fingerprint density at radius 1 is 1.25 bits per heavy atom. The molecule has 4 heteroatoms. The van der Waals surface area contributed by atoms with Gasteiger partial charge < -0.3 is 4.42 Å². The van der Waals surface area contributed by atoms with Crippen molar-refractivity contribution < 1.29 is 8.81 Å². The van der Waals surface area contributed by atoms with Gasteiger partial charge in [-0.15, -0.1) is 12.6 Å². The molecule has 0 unspecified atom stereocenters. The standard InChI is InChI=1S/C16H18FNOS/c1-10-18-15(11-6-3-2-4-7-11)16(19-10)12-8-5-9-13(20)14(12)17/h5,8-9,11,20H,2-4,6-7H2,1H3. The summed E-state index contributed by atoms with van der Waals surface area (Å²) in [7, 11) is 0. The summed E-state index contributed by atoms with van der Waals surface area (Å²) in [4.78, 5) is 4.86. The number of aryl methyl sites for hydroxylation is 1. The van der Waals surface area contributed by atoms with Crippen molar-refractivity contribution >= 4 is 12.6 Å². The van der Waals surface area contributed by atoms with E-state index in [0.717, 1.165) is 18.5 Å². The third-order valence-corrected chi connectivity index (χ3v) is 4.32. The van der Waals surface area contributed by atoms with Crippen molar-refractivity contribution in [3.8, 4) is 11.3 Å². The summed E-state index contributed by atoms with van der Waals surface area (Å²) in [5.41, 5.74) is 1.39. The topological polar surface area (TPSA) is 26.0 Å². The first-order chi connectivity index (χ1) is 9.66. The van der Waals surface area contributed by atoms with E-state index in [4.69, 9.17) is 4.42 Å². The van der Waals surface area contributed by atoms with Gasteiger partial charge in [0.05, 0.1) is 11.3 Å². The van der Waals surface area contributed by atoms with Gasteiger partial charge in [-0.3, -0.25) is 0 Å². The summed E-state index contributed by atoms with van der Waals surface area (Å²) < 4.78 is 20.0. The molecule has 0 aliphatic heterocycles. The summed E-state index contributed by atoms with van der Waals surface area (Å²) in [5.74, 6) is 1.25. The van der Waals surface area contributed by atoms with Gasteiger partial charge in [-0.25, -0.2) is 9.37 Å². The van der Waals surface area contributed by atoms with E-state index < -0.39 is 0 Å². The van der Waals surface area contributed by atoms with Crippen LogP contribution in [0.5, 0.6) is 0 Å². The molecule has 0 atom stereocenters. The van der Waals surface area contributed by atoms with Crippen LogP contribution in [0.1, 0.15) is 49.6 Å². The Balaban J connectivity index is 2.07. The molecule has 3 rings (SSSR count). The zero-order valence-electron chi connectivity index (χ0n) is 11.5. The quantitative estimate of drug-likeness (QED) is 0.777. The molecule has 1 aliphatic carbocycles. The summed E-state index contributed by atoms with van der Waals surface area (Å²) >= 11 is 4.15. The van der Waals surface area contributed by atoms with Gasteiger partial charge in [-0.05, 0) is 25.0 Å². The largest absolute Gasteiger partial charge is 0.441 e. The summed E-state index contributed by atoms with van der Waals surface area (Å²) in [6.07, 6.45) is 5.93. The second kappa shape index (κ2) is 5.60. The fourth-order valence-corrected chi connectivity index (χ4v) is 3.19. The minimum atomic E-state index is -0.330. The summed E-state index contributed by atoms with van der Waals surface area (Å²) in [5, 5.41) is 0. The normalized spacial score (nSPS) is 16.6. The van der Waals surface area contributed by atoms with Gasteiger partial charge in [0.1, 0.15) is 5.82 Å². The molecule has 1 heterocycles. The van der Waals surface area contributed by atoms with E-state index in [9.17, 15) is 4.39 Å². The fourth-order valence-electron chi connectivity index (χ4n) is 2.98. The van der Waals surface area contributed by atoms with Gasteiger partial charge in [0, 0.05) is 17.7 Å². The van der Waals surface area contributed by atoms with Gasteiger partial charge in [-0.1, -0.05) is 25.3 Å². The summed E-state index contributed by atoms with van der Waals surface area (Å²) in [6, 6.07) is 5.18. The molecule has 1 fully saturated rings. The van der Waals surface area contributed by atoms with Gasteiger partial charge in [0.25, 0.3) is 0 Å². The Kier molecular flexibility index (Phi) is 3.83. The van der Waals surface area contributed by atoms with Crippen LogP contribution in [-0.2, 0) is 0 Å². The van der Waals surface area contributed by atoms with Gasteiger partial charge in [-0.2, -0.15) is 0 Å². The molecule has 1 aliphatic rings. The maximum Gasteiger partial charge on any atom is 0.192 e. The molecule has 1 aromatic carbocycles. The number of thiol groups is 1.